The maximum absolute atomic E-state index is 14.1. The normalized spacial score (nSPS) is 13.9. The van der Waals surface area contributed by atoms with E-state index in [4.69, 9.17) is 31.2 Å². The summed E-state index contributed by atoms with van der Waals surface area (Å²) in [4.78, 5) is 18.9. The number of aromatic nitrogens is 3. The molecule has 0 bridgehead atoms. The summed E-state index contributed by atoms with van der Waals surface area (Å²) < 4.78 is 14.1. The van der Waals surface area contributed by atoms with Crippen LogP contribution >= 0.6 is 23.4 Å². The number of halogens is 1. The summed E-state index contributed by atoms with van der Waals surface area (Å²) in [5.74, 6) is 2.11. The molecule has 0 aliphatic carbocycles. The molecule has 4 aromatic carbocycles. The van der Waals surface area contributed by atoms with Crippen LogP contribution in [0.2, 0.25) is 5.02 Å². The molecule has 1 aliphatic rings. The fraction of sp³-hybridized carbons (Fsp3) is 0.216. The first-order valence-electron chi connectivity index (χ1n) is 15.4. The van der Waals surface area contributed by atoms with E-state index in [2.05, 4.69) is 41.8 Å². The molecule has 1 aliphatic heterocycles. The molecular weight excluding hydrogens is 630 g/mol. The van der Waals surface area contributed by atoms with Crippen molar-refractivity contribution in [2.45, 2.75) is 51.3 Å². The third-order valence-corrected chi connectivity index (χ3v) is 9.14. The van der Waals surface area contributed by atoms with Crippen LogP contribution in [0.5, 0.6) is 11.5 Å². The molecule has 0 spiro atoms. The number of benzene rings is 4. The van der Waals surface area contributed by atoms with Crippen LogP contribution in [0, 0.1) is 13.8 Å². The Kier molecular flexibility index (Phi) is 9.84. The molecule has 1 unspecified atom stereocenters. The van der Waals surface area contributed by atoms with Crippen molar-refractivity contribution in [3.8, 4) is 11.5 Å². The number of thioether (sulfide) groups is 1. The number of hydrogen-bond donors (Lipinski definition) is 2. The second kappa shape index (κ2) is 14.4. The summed E-state index contributed by atoms with van der Waals surface area (Å²) in [6, 6.07) is 28.9. The first kappa shape index (κ1) is 32.2. The quantitative estimate of drug-likeness (QED) is 0.136. The van der Waals surface area contributed by atoms with Crippen molar-refractivity contribution in [3.63, 3.8) is 0 Å². The Labute approximate surface area is 284 Å². The molecular formula is C37H36ClN5O3S. The van der Waals surface area contributed by atoms with Crippen molar-refractivity contribution < 1.29 is 14.3 Å². The van der Waals surface area contributed by atoms with Gasteiger partial charge in [-0.3, -0.25) is 4.79 Å². The Morgan fingerprint density at radius 3 is 2.49 bits per heavy atom. The second-order valence-corrected chi connectivity index (χ2v) is 12.6. The van der Waals surface area contributed by atoms with Crippen molar-refractivity contribution in [1.82, 2.24) is 14.8 Å². The second-order valence-electron chi connectivity index (χ2n) is 11.3. The number of amides is 1. The Morgan fingerprint density at radius 2 is 1.72 bits per heavy atom. The average molecular weight is 666 g/mol. The summed E-state index contributed by atoms with van der Waals surface area (Å²) in [6.07, 6.45) is 0. The molecule has 8 nitrogen and oxygen atoms in total. The van der Waals surface area contributed by atoms with Gasteiger partial charge in [0.05, 0.1) is 12.2 Å². The van der Waals surface area contributed by atoms with Crippen LogP contribution in [0.4, 0.5) is 11.6 Å². The van der Waals surface area contributed by atoms with Gasteiger partial charge in [0.25, 0.3) is 5.91 Å². The standard InChI is InChI=1S/C37H36ClN5O3S/c1-5-45-32-20-27(18-19-31(32)46-21-26-16-14-23(2)15-17-26)34-33(35(44)40-30-13-9-6-10-24(30)3)25(4)39-36-41-37(42-43(34)36)47-22-28-11-7-8-12-29(28)38/h6-20,34H,5,21-22H2,1-4H3,(H,40,44)(H,39,41,42). The molecule has 5 aromatic rings. The molecule has 1 amide bonds. The number of nitrogens with zero attached hydrogens (tertiary/aromatic N) is 3. The predicted molar refractivity (Wildman–Crippen MR) is 188 cm³/mol. The lowest BCUT2D eigenvalue weighted by Crippen LogP contribution is -2.31. The Bertz CT molecular complexity index is 1940. The van der Waals surface area contributed by atoms with Crippen LogP contribution in [-0.4, -0.2) is 27.3 Å². The average Bonchev–Trinajstić information content (AvgIpc) is 3.47. The lowest BCUT2D eigenvalue weighted by Gasteiger charge is -2.29. The third kappa shape index (κ3) is 7.32. The molecule has 240 valence electrons. The van der Waals surface area contributed by atoms with Gasteiger partial charge in [-0.15, -0.1) is 5.10 Å². The highest BCUT2D eigenvalue weighted by atomic mass is 35.5. The highest BCUT2D eigenvalue weighted by molar-refractivity contribution is 7.98. The largest absolute Gasteiger partial charge is 0.490 e. The first-order valence-corrected chi connectivity index (χ1v) is 16.8. The highest BCUT2D eigenvalue weighted by Gasteiger charge is 2.35. The Hall–Kier alpha value is -4.73. The summed E-state index contributed by atoms with van der Waals surface area (Å²) in [6.45, 7) is 8.69. The number of anilines is 2. The number of allylic oxidation sites excluding steroid dienone is 1. The maximum Gasteiger partial charge on any atom is 0.255 e. The zero-order valence-electron chi connectivity index (χ0n) is 26.7. The van der Waals surface area contributed by atoms with Gasteiger partial charge in [0.2, 0.25) is 11.1 Å². The van der Waals surface area contributed by atoms with Crippen LogP contribution < -0.4 is 20.1 Å². The SMILES string of the molecule is CCOc1cc(C2C(C(=O)Nc3ccccc3C)=C(C)Nc3nc(SCc4ccccc4Cl)nn32)ccc1OCc1ccc(C)cc1. The number of rotatable bonds is 11. The fourth-order valence-electron chi connectivity index (χ4n) is 5.38. The van der Waals surface area contributed by atoms with Gasteiger partial charge < -0.3 is 20.1 Å². The molecule has 0 radical (unpaired) electrons. The zero-order chi connectivity index (χ0) is 32.9. The van der Waals surface area contributed by atoms with Crippen molar-refractivity contribution in [2.75, 3.05) is 17.2 Å². The van der Waals surface area contributed by atoms with Gasteiger partial charge in [0.15, 0.2) is 11.5 Å². The number of carbonyl (C=O) groups is 1. The maximum atomic E-state index is 14.1. The zero-order valence-corrected chi connectivity index (χ0v) is 28.3. The van der Waals surface area contributed by atoms with Crippen LogP contribution in [0.1, 0.15) is 47.7 Å². The molecule has 2 N–H and O–H groups in total. The topological polar surface area (TPSA) is 90.3 Å². The summed E-state index contributed by atoms with van der Waals surface area (Å²) in [5.41, 5.74) is 6.96. The molecule has 1 aromatic heterocycles. The molecule has 0 saturated carbocycles. The molecule has 2 heterocycles. The number of para-hydroxylation sites is 1. The smallest absolute Gasteiger partial charge is 0.255 e. The molecule has 0 fully saturated rings. The van der Waals surface area contributed by atoms with Crippen molar-refractivity contribution >= 4 is 40.9 Å². The van der Waals surface area contributed by atoms with Crippen LogP contribution in [0.3, 0.4) is 0 Å². The third-order valence-electron chi connectivity index (χ3n) is 7.88. The van der Waals surface area contributed by atoms with E-state index in [-0.39, 0.29) is 5.91 Å². The van der Waals surface area contributed by atoms with Gasteiger partial charge in [-0.2, -0.15) is 4.98 Å². The van der Waals surface area contributed by atoms with E-state index in [9.17, 15) is 4.79 Å². The first-order chi connectivity index (χ1) is 22.8. The van der Waals surface area contributed by atoms with E-state index in [1.54, 1.807) is 4.68 Å². The fourth-order valence-corrected chi connectivity index (χ4v) is 6.50. The van der Waals surface area contributed by atoms with E-state index in [0.29, 0.717) is 57.9 Å². The Balaban J connectivity index is 1.36. The number of aryl methyl sites for hydroxylation is 2. The summed E-state index contributed by atoms with van der Waals surface area (Å²) in [5, 5.41) is 12.6. The van der Waals surface area contributed by atoms with Crippen LogP contribution in [0.15, 0.2) is 107 Å². The number of ether oxygens (including phenoxy) is 2. The number of nitrogens with one attached hydrogen (secondary N) is 2. The minimum Gasteiger partial charge on any atom is -0.490 e. The van der Waals surface area contributed by atoms with E-state index >= 15 is 0 Å². The van der Waals surface area contributed by atoms with Crippen molar-refractivity contribution in [2.24, 2.45) is 0 Å². The lowest BCUT2D eigenvalue weighted by molar-refractivity contribution is -0.113. The van der Waals surface area contributed by atoms with Gasteiger partial charge in [0.1, 0.15) is 12.6 Å². The van der Waals surface area contributed by atoms with E-state index < -0.39 is 6.04 Å². The number of carbonyl (C=O) groups excluding carboxylic acids is 1. The highest BCUT2D eigenvalue weighted by Crippen LogP contribution is 2.40. The van der Waals surface area contributed by atoms with Gasteiger partial charge in [-0.05, 0) is 74.2 Å². The van der Waals surface area contributed by atoms with Gasteiger partial charge in [-0.1, -0.05) is 95.7 Å². The molecule has 6 rings (SSSR count). The summed E-state index contributed by atoms with van der Waals surface area (Å²) >= 11 is 7.90. The number of fused-ring (bicyclic) bond motifs is 1. The number of hydrogen-bond acceptors (Lipinski definition) is 7. The minimum absolute atomic E-state index is 0.238. The van der Waals surface area contributed by atoms with E-state index in [1.807, 2.05) is 87.5 Å². The van der Waals surface area contributed by atoms with Gasteiger partial charge >= 0.3 is 0 Å². The van der Waals surface area contributed by atoms with Crippen molar-refractivity contribution in [3.05, 3.63) is 135 Å². The monoisotopic (exact) mass is 665 g/mol. The molecule has 1 atom stereocenters. The van der Waals surface area contributed by atoms with E-state index in [1.165, 1.54) is 17.3 Å². The lowest BCUT2D eigenvalue weighted by atomic mass is 9.94. The van der Waals surface area contributed by atoms with Crippen LogP contribution in [-0.2, 0) is 17.2 Å². The molecule has 47 heavy (non-hydrogen) atoms. The molecule has 10 heteroatoms. The van der Waals surface area contributed by atoms with Crippen molar-refractivity contribution in [1.29, 1.82) is 0 Å². The minimum atomic E-state index is -0.595. The van der Waals surface area contributed by atoms with Gasteiger partial charge in [-0.25, -0.2) is 4.68 Å². The Morgan fingerprint density at radius 1 is 0.957 bits per heavy atom. The van der Waals surface area contributed by atoms with E-state index in [0.717, 1.165) is 27.9 Å². The van der Waals surface area contributed by atoms with Gasteiger partial charge in [0, 0.05) is 22.2 Å². The predicted octanol–water partition coefficient (Wildman–Crippen LogP) is 8.75. The summed E-state index contributed by atoms with van der Waals surface area (Å²) in [7, 11) is 0. The van der Waals surface area contributed by atoms with Crippen LogP contribution in [0.25, 0.3) is 0 Å². The molecule has 0 saturated heterocycles.